The fourth-order valence-corrected chi connectivity index (χ4v) is 3.79. The first-order chi connectivity index (χ1) is 14.2. The highest BCUT2D eigenvalue weighted by molar-refractivity contribution is 14.0. The monoisotopic (exact) mass is 522 g/mol. The summed E-state index contributed by atoms with van der Waals surface area (Å²) in [6.45, 7) is 5.91. The van der Waals surface area contributed by atoms with E-state index >= 15 is 0 Å². The molecule has 1 fully saturated rings. The average molecular weight is 522 g/mol. The summed E-state index contributed by atoms with van der Waals surface area (Å²) in [5.74, 6) is 2.69. The SMILES string of the molecule is Cc1nnc(CN=C(NCC2CCCO2)N2CC=C(c3ccccc3)CC2)n1C.I. The third-order valence-electron chi connectivity index (χ3n) is 5.72. The zero-order valence-corrected chi connectivity index (χ0v) is 20.1. The number of rotatable bonds is 5. The number of hydrogen-bond donors (Lipinski definition) is 1. The predicted molar refractivity (Wildman–Crippen MR) is 130 cm³/mol. The van der Waals surface area contributed by atoms with Crippen molar-refractivity contribution in [3.63, 3.8) is 0 Å². The molecule has 1 N–H and O–H groups in total. The van der Waals surface area contributed by atoms with Gasteiger partial charge in [-0.15, -0.1) is 34.2 Å². The minimum atomic E-state index is 0. The summed E-state index contributed by atoms with van der Waals surface area (Å²) in [6.07, 6.45) is 5.85. The van der Waals surface area contributed by atoms with E-state index in [0.29, 0.717) is 6.54 Å². The van der Waals surface area contributed by atoms with Crippen molar-refractivity contribution in [2.24, 2.45) is 12.0 Å². The van der Waals surface area contributed by atoms with Gasteiger partial charge in [-0.1, -0.05) is 36.4 Å². The van der Waals surface area contributed by atoms with E-state index in [1.54, 1.807) is 0 Å². The Kier molecular flexibility index (Phi) is 8.26. The summed E-state index contributed by atoms with van der Waals surface area (Å²) in [6, 6.07) is 10.6. The van der Waals surface area contributed by atoms with Gasteiger partial charge in [0.1, 0.15) is 12.4 Å². The van der Waals surface area contributed by atoms with E-state index in [-0.39, 0.29) is 30.1 Å². The maximum absolute atomic E-state index is 5.78. The summed E-state index contributed by atoms with van der Waals surface area (Å²) < 4.78 is 7.77. The van der Waals surface area contributed by atoms with E-state index in [1.807, 2.05) is 18.5 Å². The van der Waals surface area contributed by atoms with Crippen LogP contribution in [0.2, 0.25) is 0 Å². The van der Waals surface area contributed by atoms with Gasteiger partial charge in [0.05, 0.1) is 6.10 Å². The highest BCUT2D eigenvalue weighted by atomic mass is 127. The number of guanidine groups is 1. The maximum Gasteiger partial charge on any atom is 0.194 e. The number of aryl methyl sites for hydroxylation is 1. The third-order valence-corrected chi connectivity index (χ3v) is 5.72. The largest absolute Gasteiger partial charge is 0.376 e. The van der Waals surface area contributed by atoms with Crippen molar-refractivity contribution in [1.82, 2.24) is 25.0 Å². The van der Waals surface area contributed by atoms with E-state index < -0.39 is 0 Å². The number of nitrogens with one attached hydrogen (secondary N) is 1. The third kappa shape index (κ3) is 5.60. The Balaban J connectivity index is 0.00000256. The van der Waals surface area contributed by atoms with Crippen LogP contribution in [0, 0.1) is 6.92 Å². The summed E-state index contributed by atoms with van der Waals surface area (Å²) in [4.78, 5) is 7.18. The van der Waals surface area contributed by atoms with Crippen LogP contribution >= 0.6 is 24.0 Å². The second-order valence-corrected chi connectivity index (χ2v) is 7.67. The van der Waals surface area contributed by atoms with Crippen molar-refractivity contribution in [3.05, 3.63) is 53.6 Å². The summed E-state index contributed by atoms with van der Waals surface area (Å²) in [7, 11) is 1.98. The van der Waals surface area contributed by atoms with Gasteiger partial charge in [-0.3, -0.25) is 0 Å². The molecule has 30 heavy (non-hydrogen) atoms. The van der Waals surface area contributed by atoms with Crippen LogP contribution in [0.4, 0.5) is 0 Å². The molecule has 0 radical (unpaired) electrons. The fourth-order valence-electron chi connectivity index (χ4n) is 3.79. The van der Waals surface area contributed by atoms with Gasteiger partial charge in [0.15, 0.2) is 11.8 Å². The van der Waals surface area contributed by atoms with E-state index in [1.165, 1.54) is 11.1 Å². The Bertz CT molecular complexity index is 873. The van der Waals surface area contributed by atoms with Crippen LogP contribution < -0.4 is 5.32 Å². The molecule has 0 bridgehead atoms. The van der Waals surface area contributed by atoms with E-state index in [0.717, 1.165) is 63.1 Å². The Morgan fingerprint density at radius 1 is 1.27 bits per heavy atom. The maximum atomic E-state index is 5.78. The number of benzene rings is 1. The Morgan fingerprint density at radius 3 is 2.73 bits per heavy atom. The van der Waals surface area contributed by atoms with Crippen LogP contribution in [0.3, 0.4) is 0 Å². The van der Waals surface area contributed by atoms with Crippen molar-refractivity contribution in [2.75, 3.05) is 26.2 Å². The molecule has 8 heteroatoms. The highest BCUT2D eigenvalue weighted by Gasteiger charge is 2.20. The summed E-state index contributed by atoms with van der Waals surface area (Å²) >= 11 is 0. The highest BCUT2D eigenvalue weighted by Crippen LogP contribution is 2.22. The van der Waals surface area contributed by atoms with Crippen LogP contribution in [0.25, 0.3) is 5.57 Å². The van der Waals surface area contributed by atoms with Crippen molar-refractivity contribution < 1.29 is 4.74 Å². The molecule has 1 aromatic heterocycles. The zero-order valence-electron chi connectivity index (χ0n) is 17.8. The van der Waals surface area contributed by atoms with Gasteiger partial charge in [0, 0.05) is 33.3 Å². The first kappa shape index (κ1) is 22.7. The van der Waals surface area contributed by atoms with E-state index in [2.05, 4.69) is 56.8 Å². The second kappa shape index (κ2) is 10.9. The lowest BCUT2D eigenvalue weighted by Gasteiger charge is -2.30. The summed E-state index contributed by atoms with van der Waals surface area (Å²) in [5, 5.41) is 11.9. The molecule has 2 aliphatic heterocycles. The van der Waals surface area contributed by atoms with Crippen molar-refractivity contribution in [1.29, 1.82) is 0 Å². The Morgan fingerprint density at radius 2 is 2.10 bits per heavy atom. The number of halogens is 1. The quantitative estimate of drug-likeness (QED) is 0.372. The van der Waals surface area contributed by atoms with E-state index in [4.69, 9.17) is 9.73 Å². The Labute approximate surface area is 195 Å². The molecule has 3 heterocycles. The van der Waals surface area contributed by atoms with Gasteiger partial charge in [-0.25, -0.2) is 4.99 Å². The molecule has 0 saturated carbocycles. The lowest BCUT2D eigenvalue weighted by atomic mass is 10.00. The molecule has 1 atom stereocenters. The lowest BCUT2D eigenvalue weighted by molar-refractivity contribution is 0.113. The van der Waals surface area contributed by atoms with Gasteiger partial charge in [-0.2, -0.15) is 0 Å². The molecule has 1 saturated heterocycles. The minimum absolute atomic E-state index is 0. The van der Waals surface area contributed by atoms with Gasteiger partial charge in [0.2, 0.25) is 0 Å². The number of aliphatic imine (C=N–C) groups is 1. The van der Waals surface area contributed by atoms with Gasteiger partial charge < -0.3 is 19.5 Å². The topological polar surface area (TPSA) is 67.6 Å². The number of ether oxygens (including phenoxy) is 1. The molecule has 1 aromatic carbocycles. The van der Waals surface area contributed by atoms with Crippen molar-refractivity contribution >= 4 is 35.5 Å². The van der Waals surface area contributed by atoms with Gasteiger partial charge >= 0.3 is 0 Å². The van der Waals surface area contributed by atoms with Crippen LogP contribution in [0.15, 0.2) is 41.4 Å². The number of hydrogen-bond acceptors (Lipinski definition) is 4. The average Bonchev–Trinajstić information content (AvgIpc) is 3.40. The second-order valence-electron chi connectivity index (χ2n) is 7.67. The lowest BCUT2D eigenvalue weighted by Crippen LogP contribution is -2.45. The predicted octanol–water partition coefficient (Wildman–Crippen LogP) is 3.16. The molecule has 7 nitrogen and oxygen atoms in total. The molecule has 2 aromatic rings. The van der Waals surface area contributed by atoms with Gasteiger partial charge in [0.25, 0.3) is 0 Å². The van der Waals surface area contributed by atoms with Crippen LogP contribution in [0.5, 0.6) is 0 Å². The minimum Gasteiger partial charge on any atom is -0.376 e. The van der Waals surface area contributed by atoms with Crippen molar-refractivity contribution in [2.45, 2.75) is 38.8 Å². The van der Waals surface area contributed by atoms with Gasteiger partial charge in [-0.05, 0) is 37.3 Å². The normalized spacial score (nSPS) is 19.4. The molecule has 4 rings (SSSR count). The van der Waals surface area contributed by atoms with Crippen LogP contribution in [-0.4, -0.2) is 58.0 Å². The Hall–Kier alpha value is -1.94. The first-order valence-electron chi connectivity index (χ1n) is 10.4. The zero-order chi connectivity index (χ0) is 20.1. The molecule has 0 aliphatic carbocycles. The molecular weight excluding hydrogens is 491 g/mol. The molecule has 0 amide bonds. The molecular formula is C22H31IN6O. The standard InChI is InChI=1S/C22H30N6O.HI/c1-17-25-26-21(27(17)2)16-24-22(23-15-20-9-6-14-29-20)28-12-10-19(11-13-28)18-7-4-3-5-8-18;/h3-5,7-8,10,20H,6,9,11-16H2,1-2H3,(H,23,24);1H. The first-order valence-corrected chi connectivity index (χ1v) is 10.4. The molecule has 1 unspecified atom stereocenters. The smallest absolute Gasteiger partial charge is 0.194 e. The van der Waals surface area contributed by atoms with Crippen LogP contribution in [0.1, 0.15) is 36.5 Å². The van der Waals surface area contributed by atoms with Crippen molar-refractivity contribution in [3.8, 4) is 0 Å². The van der Waals surface area contributed by atoms with E-state index in [9.17, 15) is 0 Å². The molecule has 0 spiro atoms. The number of nitrogens with zero attached hydrogens (tertiary/aromatic N) is 5. The summed E-state index contributed by atoms with van der Waals surface area (Å²) in [5.41, 5.74) is 2.72. The molecule has 2 aliphatic rings. The fraction of sp³-hybridized carbons (Fsp3) is 0.500. The molecule has 162 valence electrons. The van der Waals surface area contributed by atoms with Crippen LogP contribution in [-0.2, 0) is 18.3 Å². The number of aromatic nitrogens is 3.